The third kappa shape index (κ3) is 3.43. The number of imidazole rings is 1. The molecule has 1 N–H and O–H groups in total. The summed E-state index contributed by atoms with van der Waals surface area (Å²) in [6, 6.07) is 0. The Hall–Kier alpha value is -0.440. The predicted molar refractivity (Wildman–Crippen MR) is 53.0 cm³/mol. The maximum atomic E-state index is 9.18. The zero-order valence-electron chi connectivity index (χ0n) is 7.90. The van der Waals surface area contributed by atoms with Gasteiger partial charge in [-0.1, -0.05) is 0 Å². The lowest BCUT2D eigenvalue weighted by atomic mass is 10.3. The highest BCUT2D eigenvalue weighted by Crippen LogP contribution is 2.18. The van der Waals surface area contributed by atoms with Gasteiger partial charge >= 0.3 is 0 Å². The van der Waals surface area contributed by atoms with Crippen LogP contribution in [0, 0.1) is 0 Å². The van der Waals surface area contributed by atoms with Crippen molar-refractivity contribution in [2.75, 3.05) is 6.61 Å². The number of aliphatic hydroxyl groups excluding tert-OH is 1. The van der Waals surface area contributed by atoms with Gasteiger partial charge in [-0.2, -0.15) is 0 Å². The van der Waals surface area contributed by atoms with Crippen molar-refractivity contribution in [3.63, 3.8) is 0 Å². The number of hydrogen-bond acceptors (Lipinski definition) is 3. The van der Waals surface area contributed by atoms with Crippen molar-refractivity contribution in [1.29, 1.82) is 0 Å². The van der Waals surface area contributed by atoms with Gasteiger partial charge in [-0.25, -0.2) is 4.98 Å². The molecule has 0 aliphatic rings. The highest BCUT2D eigenvalue weighted by Gasteiger charge is 2.05. The van der Waals surface area contributed by atoms with Crippen LogP contribution in [0.5, 0.6) is 0 Å². The molecule has 0 aromatic carbocycles. The minimum absolute atomic E-state index is 0.270. The average molecular weight is 202 g/mol. The Morgan fingerprint density at radius 2 is 2.54 bits per heavy atom. The molecular formula is C8H15N2O2P. The molecule has 5 heteroatoms. The van der Waals surface area contributed by atoms with E-state index in [1.54, 1.807) is 13.1 Å². The monoisotopic (exact) mass is 202 g/mol. The van der Waals surface area contributed by atoms with E-state index in [2.05, 4.69) is 4.98 Å². The van der Waals surface area contributed by atoms with Crippen LogP contribution in [0.1, 0.15) is 19.7 Å². The predicted octanol–water partition coefficient (Wildman–Crippen LogP) is 1.20. The second-order valence-corrected chi connectivity index (χ2v) is 3.74. The topological polar surface area (TPSA) is 47.3 Å². The first-order chi connectivity index (χ1) is 6.24. The normalized spacial score (nSPS) is 14.1. The van der Waals surface area contributed by atoms with Crippen molar-refractivity contribution in [2.45, 2.75) is 26.4 Å². The first-order valence-corrected chi connectivity index (χ1v) is 5.17. The molecule has 0 aliphatic carbocycles. The molecule has 0 amide bonds. The van der Waals surface area contributed by atoms with E-state index in [1.807, 2.05) is 17.5 Å². The molecule has 0 saturated heterocycles. The van der Waals surface area contributed by atoms with Gasteiger partial charge in [0.15, 0.2) is 0 Å². The quantitative estimate of drug-likeness (QED) is 0.730. The van der Waals surface area contributed by atoms with E-state index in [4.69, 9.17) is 4.52 Å². The van der Waals surface area contributed by atoms with Crippen molar-refractivity contribution in [3.8, 4) is 0 Å². The van der Waals surface area contributed by atoms with Gasteiger partial charge in [0, 0.05) is 25.4 Å². The van der Waals surface area contributed by atoms with Gasteiger partial charge < -0.3 is 9.63 Å². The molecule has 2 unspecified atom stereocenters. The van der Waals surface area contributed by atoms with Crippen LogP contribution in [0.3, 0.4) is 0 Å². The summed E-state index contributed by atoms with van der Waals surface area (Å²) in [5, 5.41) is 9.18. The molecule has 1 rings (SSSR count). The van der Waals surface area contributed by atoms with Crippen molar-refractivity contribution in [3.05, 3.63) is 18.2 Å². The third-order valence-electron chi connectivity index (χ3n) is 1.50. The van der Waals surface area contributed by atoms with E-state index in [1.165, 1.54) is 0 Å². The van der Waals surface area contributed by atoms with Gasteiger partial charge in [-0.05, 0) is 13.8 Å². The number of nitrogens with zero attached hydrogens (tertiary/aromatic N) is 2. The van der Waals surface area contributed by atoms with Crippen LogP contribution in [0.4, 0.5) is 0 Å². The zero-order valence-corrected chi connectivity index (χ0v) is 8.90. The van der Waals surface area contributed by atoms with Crippen LogP contribution >= 0.6 is 8.96 Å². The van der Waals surface area contributed by atoms with Crippen molar-refractivity contribution < 1.29 is 9.63 Å². The Bertz CT molecular complexity index is 250. The fraction of sp³-hybridized carbons (Fsp3) is 0.625. The van der Waals surface area contributed by atoms with Crippen molar-refractivity contribution in [2.24, 2.45) is 0 Å². The molecule has 1 heterocycles. The number of aliphatic hydroxyl groups is 1. The van der Waals surface area contributed by atoms with Crippen LogP contribution in [0.15, 0.2) is 12.4 Å². The van der Waals surface area contributed by atoms with E-state index in [0.717, 1.165) is 5.82 Å². The van der Waals surface area contributed by atoms with Crippen LogP contribution in [-0.2, 0) is 10.9 Å². The second-order valence-electron chi connectivity index (χ2n) is 2.79. The lowest BCUT2D eigenvalue weighted by Crippen LogP contribution is -2.08. The van der Waals surface area contributed by atoms with Crippen molar-refractivity contribution >= 4 is 8.96 Å². The first kappa shape index (κ1) is 10.6. The molecule has 1 aromatic rings. The van der Waals surface area contributed by atoms with Gasteiger partial charge in [-0.15, -0.1) is 0 Å². The zero-order chi connectivity index (χ0) is 9.68. The van der Waals surface area contributed by atoms with Gasteiger partial charge in [0.25, 0.3) is 0 Å². The average Bonchev–Trinajstić information content (AvgIpc) is 2.48. The fourth-order valence-corrected chi connectivity index (χ4v) is 1.62. The van der Waals surface area contributed by atoms with Crippen LogP contribution in [0.2, 0.25) is 0 Å². The fourth-order valence-electron chi connectivity index (χ4n) is 0.967. The van der Waals surface area contributed by atoms with Crippen LogP contribution < -0.4 is 0 Å². The summed E-state index contributed by atoms with van der Waals surface area (Å²) < 4.78 is 7.20. The number of hydrogen-bond donors (Lipinski definition) is 1. The Labute approximate surface area is 79.9 Å². The molecule has 13 heavy (non-hydrogen) atoms. The van der Waals surface area contributed by atoms with Crippen molar-refractivity contribution in [1.82, 2.24) is 9.32 Å². The summed E-state index contributed by atoms with van der Waals surface area (Å²) in [7, 11) is 0.270. The minimum atomic E-state index is -0.354. The van der Waals surface area contributed by atoms with Gasteiger partial charge in [0.05, 0.1) is 6.10 Å². The summed E-state index contributed by atoms with van der Waals surface area (Å²) in [6.07, 6.45) is 3.82. The Kier molecular flexibility index (Phi) is 4.36. The molecule has 0 bridgehead atoms. The largest absolute Gasteiger partial charge is 0.393 e. The van der Waals surface area contributed by atoms with Gasteiger partial charge in [0.2, 0.25) is 0 Å². The Morgan fingerprint density at radius 1 is 1.77 bits per heavy atom. The molecule has 0 aliphatic heterocycles. The SMILES string of the molecule is CCOPn1ccnc1CC(C)O. The van der Waals surface area contributed by atoms with Gasteiger partial charge in [-0.3, -0.25) is 4.34 Å². The van der Waals surface area contributed by atoms with E-state index in [-0.39, 0.29) is 15.1 Å². The minimum Gasteiger partial charge on any atom is -0.393 e. The standard InChI is InChI=1S/C8H15N2O2P/c1-3-12-13-10-5-4-9-8(10)6-7(2)11/h4-5,7,11,13H,3,6H2,1-2H3. The maximum Gasteiger partial charge on any atom is 0.122 e. The van der Waals surface area contributed by atoms with E-state index >= 15 is 0 Å². The number of rotatable bonds is 5. The molecule has 4 nitrogen and oxygen atoms in total. The lowest BCUT2D eigenvalue weighted by molar-refractivity contribution is 0.192. The third-order valence-corrected chi connectivity index (χ3v) is 2.52. The van der Waals surface area contributed by atoms with Crippen LogP contribution in [0.25, 0.3) is 0 Å². The summed E-state index contributed by atoms with van der Waals surface area (Å²) >= 11 is 0. The second kappa shape index (κ2) is 5.32. The highest BCUT2D eigenvalue weighted by molar-refractivity contribution is 7.30. The summed E-state index contributed by atoms with van der Waals surface area (Å²) in [5.74, 6) is 0.877. The molecule has 1 aromatic heterocycles. The molecule has 74 valence electrons. The Balaban J connectivity index is 2.55. The first-order valence-electron chi connectivity index (χ1n) is 4.32. The van der Waals surface area contributed by atoms with E-state index in [9.17, 15) is 5.11 Å². The van der Waals surface area contributed by atoms with E-state index in [0.29, 0.717) is 13.0 Å². The summed E-state index contributed by atoms with van der Waals surface area (Å²) in [4.78, 5) is 4.14. The summed E-state index contributed by atoms with van der Waals surface area (Å²) in [5.41, 5.74) is 0. The van der Waals surface area contributed by atoms with E-state index < -0.39 is 0 Å². The number of aromatic nitrogens is 2. The Morgan fingerprint density at radius 3 is 3.15 bits per heavy atom. The molecule has 2 atom stereocenters. The summed E-state index contributed by atoms with van der Waals surface area (Å²) in [6.45, 7) is 4.41. The smallest absolute Gasteiger partial charge is 0.122 e. The molecule has 0 spiro atoms. The molecule has 0 radical (unpaired) electrons. The van der Waals surface area contributed by atoms with Gasteiger partial charge in [0.1, 0.15) is 14.8 Å². The maximum absolute atomic E-state index is 9.18. The lowest BCUT2D eigenvalue weighted by Gasteiger charge is -2.07. The molecule has 0 fully saturated rings. The molecular weight excluding hydrogens is 187 g/mol. The van der Waals surface area contributed by atoms with Crippen LogP contribution in [-0.4, -0.2) is 27.1 Å². The highest BCUT2D eigenvalue weighted by atomic mass is 31.1. The molecule has 0 saturated carbocycles.